The van der Waals surface area contributed by atoms with Crippen LogP contribution in [0.5, 0.6) is 0 Å². The van der Waals surface area contributed by atoms with Crippen molar-refractivity contribution in [3.8, 4) is 0 Å². The minimum absolute atomic E-state index is 0.305. The summed E-state index contributed by atoms with van der Waals surface area (Å²) in [5.41, 5.74) is 5.92. The van der Waals surface area contributed by atoms with Crippen molar-refractivity contribution in [2.75, 3.05) is 6.54 Å². The largest absolute Gasteiger partial charge is 0.360 e. The van der Waals surface area contributed by atoms with E-state index < -0.39 is 0 Å². The van der Waals surface area contributed by atoms with Gasteiger partial charge in [-0.15, -0.1) is 0 Å². The van der Waals surface area contributed by atoms with Crippen LogP contribution in [0.3, 0.4) is 0 Å². The van der Waals surface area contributed by atoms with Crippen LogP contribution >= 0.6 is 0 Å². The minimum Gasteiger partial charge on any atom is -0.360 e. The minimum atomic E-state index is -0.305. The summed E-state index contributed by atoms with van der Waals surface area (Å²) in [5.74, 6) is 0.414. The molecule has 0 aliphatic heterocycles. The van der Waals surface area contributed by atoms with E-state index in [1.165, 1.54) is 12.1 Å². The van der Waals surface area contributed by atoms with E-state index in [0.29, 0.717) is 18.5 Å². The Labute approximate surface area is 74.3 Å². The van der Waals surface area contributed by atoms with Crippen molar-refractivity contribution in [3.63, 3.8) is 0 Å². The molecule has 1 heterocycles. The summed E-state index contributed by atoms with van der Waals surface area (Å²) in [7, 11) is 0. The van der Waals surface area contributed by atoms with Crippen LogP contribution in [-0.4, -0.2) is 11.7 Å². The molecule has 13 heavy (non-hydrogen) atoms. The molecule has 0 aliphatic carbocycles. The van der Waals surface area contributed by atoms with Gasteiger partial charge in [-0.25, -0.2) is 4.39 Å². The first-order valence-electron chi connectivity index (χ1n) is 4.05. The standard InChI is InChI=1S/C9H9FN2O/c10-6-1-2-7-8(5-6)12-13-9(7)3-4-11/h1-2,5H,3-4,11H2. The molecule has 0 saturated carbocycles. The van der Waals surface area contributed by atoms with Gasteiger partial charge in [-0.3, -0.25) is 0 Å². The van der Waals surface area contributed by atoms with Crippen molar-refractivity contribution in [2.45, 2.75) is 6.42 Å². The predicted octanol–water partition coefficient (Wildman–Crippen LogP) is 1.47. The molecule has 2 N–H and O–H groups in total. The Kier molecular flexibility index (Phi) is 1.98. The van der Waals surface area contributed by atoms with Crippen molar-refractivity contribution >= 4 is 10.9 Å². The summed E-state index contributed by atoms with van der Waals surface area (Å²) in [6.07, 6.45) is 0.627. The normalized spacial score (nSPS) is 10.9. The number of rotatable bonds is 2. The Bertz CT molecular complexity index is 424. The third-order valence-electron chi connectivity index (χ3n) is 1.89. The van der Waals surface area contributed by atoms with Gasteiger partial charge >= 0.3 is 0 Å². The van der Waals surface area contributed by atoms with Gasteiger partial charge in [0.1, 0.15) is 17.1 Å². The van der Waals surface area contributed by atoms with E-state index in [2.05, 4.69) is 5.16 Å². The van der Waals surface area contributed by atoms with Crippen molar-refractivity contribution in [2.24, 2.45) is 5.73 Å². The summed E-state index contributed by atoms with van der Waals surface area (Å²) < 4.78 is 17.7. The predicted molar refractivity (Wildman–Crippen MR) is 46.7 cm³/mol. The highest BCUT2D eigenvalue weighted by molar-refractivity contribution is 5.80. The number of nitrogens with two attached hydrogens (primary N) is 1. The van der Waals surface area contributed by atoms with Crippen molar-refractivity contribution in [3.05, 3.63) is 29.8 Å². The number of halogens is 1. The highest BCUT2D eigenvalue weighted by Crippen LogP contribution is 2.19. The molecule has 0 amide bonds. The lowest BCUT2D eigenvalue weighted by molar-refractivity contribution is 0.392. The summed E-state index contributed by atoms with van der Waals surface area (Å²) in [4.78, 5) is 0. The van der Waals surface area contributed by atoms with Crippen LogP contribution in [0.25, 0.3) is 10.9 Å². The zero-order chi connectivity index (χ0) is 9.26. The topological polar surface area (TPSA) is 52.0 Å². The highest BCUT2D eigenvalue weighted by atomic mass is 19.1. The Balaban J connectivity index is 2.55. The smallest absolute Gasteiger partial charge is 0.145 e. The van der Waals surface area contributed by atoms with Crippen LogP contribution < -0.4 is 5.73 Å². The summed E-state index contributed by atoms with van der Waals surface area (Å²) >= 11 is 0. The molecule has 68 valence electrons. The fourth-order valence-electron chi connectivity index (χ4n) is 1.28. The highest BCUT2D eigenvalue weighted by Gasteiger charge is 2.07. The van der Waals surface area contributed by atoms with Crippen molar-refractivity contribution in [1.29, 1.82) is 0 Å². The first kappa shape index (κ1) is 8.19. The maximum atomic E-state index is 12.7. The van der Waals surface area contributed by atoms with E-state index in [9.17, 15) is 4.39 Å². The fourth-order valence-corrected chi connectivity index (χ4v) is 1.28. The van der Waals surface area contributed by atoms with Crippen LogP contribution in [0, 0.1) is 5.82 Å². The molecular weight excluding hydrogens is 171 g/mol. The SMILES string of the molecule is NCCc1onc2cc(F)ccc12. The third-order valence-corrected chi connectivity index (χ3v) is 1.89. The van der Waals surface area contributed by atoms with E-state index in [4.69, 9.17) is 10.3 Å². The number of hydrogen-bond acceptors (Lipinski definition) is 3. The molecule has 3 nitrogen and oxygen atoms in total. The molecule has 2 aromatic rings. The average Bonchev–Trinajstić information content (AvgIpc) is 2.49. The number of benzene rings is 1. The van der Waals surface area contributed by atoms with Crippen molar-refractivity contribution < 1.29 is 8.91 Å². The van der Waals surface area contributed by atoms with E-state index in [0.717, 1.165) is 11.1 Å². The number of fused-ring (bicyclic) bond motifs is 1. The fraction of sp³-hybridized carbons (Fsp3) is 0.222. The van der Waals surface area contributed by atoms with Crippen LogP contribution in [-0.2, 0) is 6.42 Å². The van der Waals surface area contributed by atoms with Crippen LogP contribution in [0.4, 0.5) is 4.39 Å². The summed E-state index contributed by atoms with van der Waals surface area (Å²) in [6, 6.07) is 4.39. The van der Waals surface area contributed by atoms with Gasteiger partial charge in [-0.05, 0) is 18.7 Å². The number of nitrogens with zero attached hydrogens (tertiary/aromatic N) is 1. The zero-order valence-corrected chi connectivity index (χ0v) is 6.96. The van der Waals surface area contributed by atoms with Crippen LogP contribution in [0.1, 0.15) is 5.76 Å². The molecule has 0 radical (unpaired) electrons. The molecular formula is C9H9FN2O. The molecule has 1 aromatic carbocycles. The quantitative estimate of drug-likeness (QED) is 0.761. The molecule has 4 heteroatoms. The van der Waals surface area contributed by atoms with E-state index in [1.54, 1.807) is 6.07 Å². The van der Waals surface area contributed by atoms with Gasteiger partial charge in [0.05, 0.1) is 0 Å². The third kappa shape index (κ3) is 1.40. The van der Waals surface area contributed by atoms with Gasteiger partial charge in [0.2, 0.25) is 0 Å². The van der Waals surface area contributed by atoms with Gasteiger partial charge < -0.3 is 10.3 Å². The van der Waals surface area contributed by atoms with Gasteiger partial charge in [0, 0.05) is 17.9 Å². The van der Waals surface area contributed by atoms with E-state index in [-0.39, 0.29) is 5.82 Å². The number of hydrogen-bond donors (Lipinski definition) is 1. The number of aromatic nitrogens is 1. The maximum Gasteiger partial charge on any atom is 0.145 e. The molecule has 0 fully saturated rings. The first-order valence-corrected chi connectivity index (χ1v) is 4.05. The van der Waals surface area contributed by atoms with Gasteiger partial charge in [0.25, 0.3) is 0 Å². The van der Waals surface area contributed by atoms with Gasteiger partial charge in [-0.1, -0.05) is 5.16 Å². The Morgan fingerprint density at radius 1 is 1.46 bits per heavy atom. The second-order valence-corrected chi connectivity index (χ2v) is 2.81. The van der Waals surface area contributed by atoms with Crippen molar-refractivity contribution in [1.82, 2.24) is 5.16 Å². The van der Waals surface area contributed by atoms with Gasteiger partial charge in [-0.2, -0.15) is 0 Å². The van der Waals surface area contributed by atoms with Crippen LogP contribution in [0.2, 0.25) is 0 Å². The second-order valence-electron chi connectivity index (χ2n) is 2.81. The lowest BCUT2D eigenvalue weighted by atomic mass is 10.2. The van der Waals surface area contributed by atoms with E-state index in [1.807, 2.05) is 0 Å². The lowest BCUT2D eigenvalue weighted by Crippen LogP contribution is -2.01. The molecule has 0 unspecified atom stereocenters. The zero-order valence-electron chi connectivity index (χ0n) is 6.96. The maximum absolute atomic E-state index is 12.7. The average molecular weight is 180 g/mol. The second kappa shape index (κ2) is 3.14. The van der Waals surface area contributed by atoms with Crippen LogP contribution in [0.15, 0.2) is 22.7 Å². The summed E-state index contributed by atoms with van der Waals surface area (Å²) in [5, 5.41) is 4.57. The molecule has 2 rings (SSSR count). The lowest BCUT2D eigenvalue weighted by Gasteiger charge is -1.91. The first-order chi connectivity index (χ1) is 6.31. The van der Waals surface area contributed by atoms with E-state index >= 15 is 0 Å². The summed E-state index contributed by atoms with van der Waals surface area (Å²) in [6.45, 7) is 0.502. The Morgan fingerprint density at radius 3 is 3.08 bits per heavy atom. The molecule has 1 aromatic heterocycles. The van der Waals surface area contributed by atoms with Gasteiger partial charge in [0.15, 0.2) is 0 Å². The monoisotopic (exact) mass is 180 g/mol. The molecule has 0 saturated heterocycles. The molecule has 0 atom stereocenters. The Hall–Kier alpha value is -1.42. The molecule has 0 aliphatic rings. The molecule has 0 spiro atoms. The Morgan fingerprint density at radius 2 is 2.31 bits per heavy atom. The molecule has 0 bridgehead atoms.